The molecule has 0 aliphatic heterocycles. The van der Waals surface area contributed by atoms with Gasteiger partial charge in [0.15, 0.2) is 5.82 Å². The van der Waals surface area contributed by atoms with Crippen LogP contribution < -0.4 is 5.73 Å². The van der Waals surface area contributed by atoms with Crippen LogP contribution in [0.2, 0.25) is 0 Å². The first-order valence-electron chi connectivity index (χ1n) is 5.52. The van der Waals surface area contributed by atoms with E-state index in [1.165, 1.54) is 6.20 Å². The van der Waals surface area contributed by atoms with Gasteiger partial charge in [-0.2, -0.15) is 13.2 Å². The third-order valence-corrected chi connectivity index (χ3v) is 2.21. The highest BCUT2D eigenvalue weighted by Crippen LogP contribution is 2.18. The van der Waals surface area contributed by atoms with Crippen molar-refractivity contribution in [3.05, 3.63) is 23.3 Å². The van der Waals surface area contributed by atoms with Gasteiger partial charge in [-0.05, 0) is 5.92 Å². The van der Waals surface area contributed by atoms with Crippen LogP contribution in [0.3, 0.4) is 0 Å². The second-order valence-electron chi connectivity index (χ2n) is 4.16. The lowest BCUT2D eigenvalue weighted by Crippen LogP contribution is -2.18. The molecular weight excluding hydrogens is 247 g/mol. The summed E-state index contributed by atoms with van der Waals surface area (Å²) >= 11 is 0. The fourth-order valence-electron chi connectivity index (χ4n) is 1.44. The van der Waals surface area contributed by atoms with Crippen molar-refractivity contribution in [3.63, 3.8) is 0 Å². The molecule has 0 saturated carbocycles. The smallest absolute Gasteiger partial charge is 0.364 e. The van der Waals surface area contributed by atoms with Crippen molar-refractivity contribution in [3.8, 4) is 0 Å². The molecule has 1 heterocycles. The largest absolute Gasteiger partial charge is 0.411 e. The molecular formula is C11H16F3N3O. The van der Waals surface area contributed by atoms with Crippen LogP contribution in [-0.4, -0.2) is 22.8 Å². The van der Waals surface area contributed by atoms with Crippen molar-refractivity contribution in [2.75, 3.05) is 6.61 Å². The molecule has 2 N–H and O–H groups in total. The van der Waals surface area contributed by atoms with Crippen LogP contribution in [0, 0.1) is 0 Å². The summed E-state index contributed by atoms with van der Waals surface area (Å²) in [5.41, 5.74) is 7.08. The van der Waals surface area contributed by atoms with Gasteiger partial charge in [-0.15, -0.1) is 0 Å². The number of nitrogens with zero attached hydrogens (tertiary/aromatic N) is 2. The molecule has 7 heteroatoms. The monoisotopic (exact) mass is 263 g/mol. The summed E-state index contributed by atoms with van der Waals surface area (Å²) in [5, 5.41) is 0. The van der Waals surface area contributed by atoms with E-state index >= 15 is 0 Å². The molecule has 0 fully saturated rings. The lowest BCUT2D eigenvalue weighted by atomic mass is 10.1. The number of hydrogen-bond acceptors (Lipinski definition) is 4. The molecule has 1 aromatic rings. The number of hydrogen-bond donors (Lipinski definition) is 1. The molecule has 18 heavy (non-hydrogen) atoms. The Hall–Kier alpha value is -1.21. The fourth-order valence-corrected chi connectivity index (χ4v) is 1.44. The van der Waals surface area contributed by atoms with Crippen molar-refractivity contribution < 1.29 is 17.9 Å². The second-order valence-corrected chi connectivity index (χ2v) is 4.16. The Morgan fingerprint density at radius 1 is 1.39 bits per heavy atom. The number of nitrogens with two attached hydrogens (primary N) is 1. The van der Waals surface area contributed by atoms with Crippen LogP contribution in [0.5, 0.6) is 0 Å². The van der Waals surface area contributed by atoms with E-state index in [4.69, 9.17) is 5.73 Å². The molecule has 0 atom stereocenters. The first-order valence-corrected chi connectivity index (χ1v) is 5.52. The van der Waals surface area contributed by atoms with E-state index in [-0.39, 0.29) is 18.3 Å². The molecule has 0 unspecified atom stereocenters. The average Bonchev–Trinajstić information content (AvgIpc) is 2.27. The number of alkyl halides is 3. The zero-order chi connectivity index (χ0) is 13.8. The van der Waals surface area contributed by atoms with Gasteiger partial charge in [0.25, 0.3) is 0 Å². The number of rotatable bonds is 5. The van der Waals surface area contributed by atoms with E-state index in [0.717, 1.165) is 11.3 Å². The van der Waals surface area contributed by atoms with Gasteiger partial charge in [0.05, 0.1) is 5.69 Å². The second kappa shape index (κ2) is 6.10. The highest BCUT2D eigenvalue weighted by Gasteiger charge is 2.27. The Bertz CT molecular complexity index is 394. The molecule has 1 rings (SSSR count). The molecule has 4 nitrogen and oxygen atoms in total. The van der Waals surface area contributed by atoms with Gasteiger partial charge in [0, 0.05) is 18.3 Å². The van der Waals surface area contributed by atoms with E-state index in [9.17, 15) is 13.2 Å². The van der Waals surface area contributed by atoms with Crippen molar-refractivity contribution >= 4 is 0 Å². The van der Waals surface area contributed by atoms with Crippen molar-refractivity contribution in [2.45, 2.75) is 39.1 Å². The van der Waals surface area contributed by atoms with Gasteiger partial charge in [-0.3, -0.25) is 0 Å². The summed E-state index contributed by atoms with van der Waals surface area (Å²) in [6.45, 7) is 2.61. The van der Waals surface area contributed by atoms with E-state index in [1.54, 1.807) is 0 Å². The summed E-state index contributed by atoms with van der Waals surface area (Å²) in [7, 11) is 0. The molecule has 0 aliphatic carbocycles. The molecule has 0 bridgehead atoms. The maximum atomic E-state index is 11.9. The number of ether oxygens (including phenoxy) is 1. The Morgan fingerprint density at radius 2 is 2.06 bits per heavy atom. The molecule has 0 saturated heterocycles. The van der Waals surface area contributed by atoms with Gasteiger partial charge < -0.3 is 10.5 Å². The maximum Gasteiger partial charge on any atom is 0.411 e. The molecule has 0 radical (unpaired) electrons. The summed E-state index contributed by atoms with van der Waals surface area (Å²) in [5.74, 6) is 0.369. The molecule has 1 aromatic heterocycles. The molecule has 0 aromatic carbocycles. The van der Waals surface area contributed by atoms with E-state index in [0.29, 0.717) is 6.54 Å². The lowest BCUT2D eigenvalue weighted by molar-refractivity contribution is -0.177. The topological polar surface area (TPSA) is 61.0 Å². The van der Waals surface area contributed by atoms with Gasteiger partial charge in [-0.1, -0.05) is 13.8 Å². The van der Waals surface area contributed by atoms with Crippen molar-refractivity contribution in [1.29, 1.82) is 0 Å². The summed E-state index contributed by atoms with van der Waals surface area (Å²) < 4.78 is 40.2. The van der Waals surface area contributed by atoms with Crippen LogP contribution in [0.1, 0.15) is 36.8 Å². The van der Waals surface area contributed by atoms with Gasteiger partial charge in [-0.25, -0.2) is 9.97 Å². The minimum atomic E-state index is -4.34. The first-order chi connectivity index (χ1) is 8.33. The lowest BCUT2D eigenvalue weighted by Gasteiger charge is -2.12. The first kappa shape index (κ1) is 14.8. The molecule has 0 spiro atoms. The van der Waals surface area contributed by atoms with Gasteiger partial charge >= 0.3 is 6.18 Å². The van der Waals surface area contributed by atoms with Crippen molar-refractivity contribution in [2.24, 2.45) is 5.73 Å². The van der Waals surface area contributed by atoms with E-state index < -0.39 is 12.8 Å². The highest BCUT2D eigenvalue weighted by atomic mass is 19.4. The van der Waals surface area contributed by atoms with Crippen LogP contribution in [-0.2, 0) is 17.9 Å². The maximum absolute atomic E-state index is 11.9. The Kier molecular flexibility index (Phi) is 5.03. The van der Waals surface area contributed by atoms with E-state index in [1.807, 2.05) is 13.8 Å². The fraction of sp³-hybridized carbons (Fsp3) is 0.636. The van der Waals surface area contributed by atoms with Crippen LogP contribution >= 0.6 is 0 Å². The third kappa shape index (κ3) is 4.58. The number of halogens is 3. The highest BCUT2D eigenvalue weighted by molar-refractivity contribution is 5.20. The summed E-state index contributed by atoms with van der Waals surface area (Å²) in [6.07, 6.45) is -2.80. The molecule has 0 amide bonds. The zero-order valence-electron chi connectivity index (χ0n) is 10.3. The van der Waals surface area contributed by atoms with Crippen LogP contribution in [0.25, 0.3) is 0 Å². The van der Waals surface area contributed by atoms with Crippen LogP contribution in [0.15, 0.2) is 6.20 Å². The Labute approximate surface area is 103 Å². The van der Waals surface area contributed by atoms with Gasteiger partial charge in [0.2, 0.25) is 0 Å². The normalized spacial score (nSPS) is 12.2. The third-order valence-electron chi connectivity index (χ3n) is 2.21. The van der Waals surface area contributed by atoms with Gasteiger partial charge in [0.1, 0.15) is 13.2 Å². The Morgan fingerprint density at radius 3 is 2.56 bits per heavy atom. The zero-order valence-corrected chi connectivity index (χ0v) is 10.3. The SMILES string of the molecule is CC(C)c1nc(COCC(F)(F)F)ncc1CN. The molecule has 0 aliphatic rings. The Balaban J connectivity index is 2.70. The predicted molar refractivity (Wildman–Crippen MR) is 59.7 cm³/mol. The summed E-state index contributed by atoms with van der Waals surface area (Å²) in [4.78, 5) is 8.11. The molecule has 102 valence electrons. The predicted octanol–water partition coefficient (Wildman–Crippen LogP) is 2.14. The van der Waals surface area contributed by atoms with E-state index in [2.05, 4.69) is 14.7 Å². The number of aromatic nitrogens is 2. The average molecular weight is 263 g/mol. The van der Waals surface area contributed by atoms with Crippen molar-refractivity contribution in [1.82, 2.24) is 9.97 Å². The summed E-state index contributed by atoms with van der Waals surface area (Å²) in [6, 6.07) is 0. The quantitative estimate of drug-likeness (QED) is 0.884. The standard InChI is InChI=1S/C11H16F3N3O/c1-7(2)10-8(3-15)4-16-9(17-10)5-18-6-11(12,13)14/h4,7H,3,5-6,15H2,1-2H3. The minimum Gasteiger partial charge on any atom is -0.364 e. The van der Waals surface area contributed by atoms with Crippen LogP contribution in [0.4, 0.5) is 13.2 Å². The minimum absolute atomic E-state index is 0.132.